The smallest absolute Gasteiger partial charge is 0.142 e. The lowest BCUT2D eigenvalue weighted by Gasteiger charge is -2.10. The highest BCUT2D eigenvalue weighted by Crippen LogP contribution is 2.02. The lowest BCUT2D eigenvalue weighted by Crippen LogP contribution is -2.21. The zero-order valence-electron chi connectivity index (χ0n) is 11.2. The van der Waals surface area contributed by atoms with Crippen LogP contribution in [-0.2, 0) is 17.8 Å². The molecule has 1 N–H and O–H groups in total. The Morgan fingerprint density at radius 2 is 2.12 bits per heavy atom. The van der Waals surface area contributed by atoms with Crippen molar-refractivity contribution in [3.8, 4) is 0 Å². The van der Waals surface area contributed by atoms with Gasteiger partial charge in [-0.1, -0.05) is 0 Å². The maximum Gasteiger partial charge on any atom is 0.142 e. The van der Waals surface area contributed by atoms with E-state index < -0.39 is 0 Å². The van der Waals surface area contributed by atoms with Crippen LogP contribution < -0.4 is 5.32 Å². The second-order valence-electron chi connectivity index (χ2n) is 4.32. The molecule has 0 fully saturated rings. The average Bonchev–Trinajstić information content (AvgIpc) is 2.22. The molecule has 5 heteroatoms. The molecule has 1 aromatic rings. The van der Waals surface area contributed by atoms with Crippen molar-refractivity contribution in [3.63, 3.8) is 0 Å². The van der Waals surface area contributed by atoms with Crippen molar-refractivity contribution >= 4 is 0 Å². The Balaban J connectivity index is 2.56. The van der Waals surface area contributed by atoms with Gasteiger partial charge >= 0.3 is 0 Å². The third-order valence-electron chi connectivity index (χ3n) is 2.20. The van der Waals surface area contributed by atoms with Gasteiger partial charge in [0.15, 0.2) is 0 Å². The van der Waals surface area contributed by atoms with Gasteiger partial charge in [-0.15, -0.1) is 0 Å². The van der Waals surface area contributed by atoms with E-state index in [1.165, 1.54) is 0 Å². The van der Waals surface area contributed by atoms with Crippen molar-refractivity contribution in [1.82, 2.24) is 20.2 Å². The van der Waals surface area contributed by atoms with E-state index in [1.807, 2.05) is 27.1 Å². The average molecular weight is 238 g/mol. The second kappa shape index (κ2) is 7.32. The summed E-state index contributed by atoms with van der Waals surface area (Å²) in [7, 11) is 5.73. The molecule has 0 saturated carbocycles. The molecule has 17 heavy (non-hydrogen) atoms. The molecule has 5 nitrogen and oxygen atoms in total. The number of aryl methyl sites for hydroxylation is 1. The number of aromatic nitrogens is 2. The summed E-state index contributed by atoms with van der Waals surface area (Å²) in [5.74, 6) is 0.874. The lowest BCUT2D eigenvalue weighted by molar-refractivity contribution is 0.199. The van der Waals surface area contributed by atoms with E-state index in [4.69, 9.17) is 4.74 Å². The number of methoxy groups -OCH3 is 1. The maximum atomic E-state index is 4.98. The fourth-order valence-corrected chi connectivity index (χ4v) is 1.53. The van der Waals surface area contributed by atoms with Crippen LogP contribution in [0.2, 0.25) is 0 Å². The molecule has 1 rings (SSSR count). The highest BCUT2D eigenvalue weighted by atomic mass is 16.5. The molecule has 0 saturated heterocycles. The van der Waals surface area contributed by atoms with E-state index in [0.717, 1.165) is 36.8 Å². The molecule has 0 atom stereocenters. The first kappa shape index (κ1) is 14.0. The molecule has 0 bridgehead atoms. The van der Waals surface area contributed by atoms with Crippen molar-refractivity contribution in [1.29, 1.82) is 0 Å². The number of hydrogen-bond acceptors (Lipinski definition) is 5. The van der Waals surface area contributed by atoms with Gasteiger partial charge in [0.05, 0.1) is 18.8 Å². The standard InChI is InChI=1S/C12H22N4O/c1-10-7-11(8-13-5-6-17-4)15-12(14-10)9-16(2)3/h7,13H,5-6,8-9H2,1-4H3. The molecule has 1 heterocycles. The summed E-state index contributed by atoms with van der Waals surface area (Å²) in [6.07, 6.45) is 0. The summed E-state index contributed by atoms with van der Waals surface area (Å²) in [5, 5.41) is 3.28. The fraction of sp³-hybridized carbons (Fsp3) is 0.667. The van der Waals surface area contributed by atoms with E-state index in [2.05, 4.69) is 20.2 Å². The first-order chi connectivity index (χ1) is 8.11. The summed E-state index contributed by atoms with van der Waals surface area (Å²) in [5.41, 5.74) is 2.05. The van der Waals surface area contributed by atoms with Crippen LogP contribution in [0.3, 0.4) is 0 Å². The molecule has 0 aliphatic carbocycles. The van der Waals surface area contributed by atoms with Crippen LogP contribution in [0, 0.1) is 6.92 Å². The van der Waals surface area contributed by atoms with Crippen molar-refractivity contribution in [2.45, 2.75) is 20.0 Å². The summed E-state index contributed by atoms with van der Waals surface area (Å²) in [6.45, 7) is 5.08. The van der Waals surface area contributed by atoms with Gasteiger partial charge in [0, 0.05) is 25.9 Å². The largest absolute Gasteiger partial charge is 0.383 e. The summed E-state index contributed by atoms with van der Waals surface area (Å²) < 4.78 is 4.98. The molecule has 1 aromatic heterocycles. The fourth-order valence-electron chi connectivity index (χ4n) is 1.53. The Bertz CT molecular complexity index is 341. The second-order valence-corrected chi connectivity index (χ2v) is 4.32. The minimum absolute atomic E-state index is 0.717. The molecule has 0 unspecified atom stereocenters. The van der Waals surface area contributed by atoms with E-state index in [9.17, 15) is 0 Å². The van der Waals surface area contributed by atoms with E-state index in [-0.39, 0.29) is 0 Å². The van der Waals surface area contributed by atoms with Crippen LogP contribution in [0.15, 0.2) is 6.07 Å². The quantitative estimate of drug-likeness (QED) is 0.704. The predicted octanol–water partition coefficient (Wildman–Crippen LogP) is 0.583. The lowest BCUT2D eigenvalue weighted by atomic mass is 10.3. The van der Waals surface area contributed by atoms with Crippen LogP contribution in [0.5, 0.6) is 0 Å². The van der Waals surface area contributed by atoms with Gasteiger partial charge in [-0.3, -0.25) is 0 Å². The monoisotopic (exact) mass is 238 g/mol. The molecule has 0 amide bonds. The SMILES string of the molecule is COCCNCc1cc(C)nc(CN(C)C)n1. The van der Waals surface area contributed by atoms with Gasteiger partial charge in [0.1, 0.15) is 5.82 Å². The number of rotatable bonds is 7. The van der Waals surface area contributed by atoms with E-state index in [0.29, 0.717) is 6.61 Å². The molecular formula is C12H22N4O. The third-order valence-corrected chi connectivity index (χ3v) is 2.20. The van der Waals surface area contributed by atoms with Gasteiger partial charge < -0.3 is 15.0 Å². The Hall–Kier alpha value is -1.04. The van der Waals surface area contributed by atoms with Crippen LogP contribution in [0.4, 0.5) is 0 Å². The van der Waals surface area contributed by atoms with Crippen molar-refractivity contribution in [2.75, 3.05) is 34.4 Å². The van der Waals surface area contributed by atoms with Gasteiger partial charge in [0.2, 0.25) is 0 Å². The minimum Gasteiger partial charge on any atom is -0.383 e. The Labute approximate surface area is 103 Å². The first-order valence-electron chi connectivity index (χ1n) is 5.79. The van der Waals surface area contributed by atoms with Crippen LogP contribution in [-0.4, -0.2) is 49.2 Å². The topological polar surface area (TPSA) is 50.3 Å². The minimum atomic E-state index is 0.717. The van der Waals surface area contributed by atoms with Crippen molar-refractivity contribution < 1.29 is 4.74 Å². The summed E-state index contributed by atoms with van der Waals surface area (Å²) in [4.78, 5) is 11.0. The zero-order chi connectivity index (χ0) is 12.7. The van der Waals surface area contributed by atoms with E-state index >= 15 is 0 Å². The number of nitrogens with zero attached hydrogens (tertiary/aromatic N) is 3. The number of nitrogens with one attached hydrogen (secondary N) is 1. The molecule has 0 aromatic carbocycles. The molecule has 0 radical (unpaired) electrons. The summed E-state index contributed by atoms with van der Waals surface area (Å²) >= 11 is 0. The molecule has 96 valence electrons. The van der Waals surface area contributed by atoms with Gasteiger partial charge in [-0.05, 0) is 27.1 Å². The van der Waals surface area contributed by atoms with Gasteiger partial charge in [-0.25, -0.2) is 9.97 Å². The highest BCUT2D eigenvalue weighted by molar-refractivity contribution is 5.10. The Kier molecular flexibility index (Phi) is 6.04. The molecular weight excluding hydrogens is 216 g/mol. The van der Waals surface area contributed by atoms with Crippen LogP contribution in [0.1, 0.15) is 17.2 Å². The normalized spacial score (nSPS) is 11.1. The van der Waals surface area contributed by atoms with Crippen molar-refractivity contribution in [3.05, 3.63) is 23.3 Å². The Morgan fingerprint density at radius 3 is 2.76 bits per heavy atom. The number of ether oxygens (including phenoxy) is 1. The van der Waals surface area contributed by atoms with Crippen LogP contribution in [0.25, 0.3) is 0 Å². The van der Waals surface area contributed by atoms with Gasteiger partial charge in [-0.2, -0.15) is 0 Å². The molecule has 0 aliphatic heterocycles. The molecule has 0 aliphatic rings. The number of hydrogen-bond donors (Lipinski definition) is 1. The summed E-state index contributed by atoms with van der Waals surface area (Å²) in [6, 6.07) is 2.01. The highest BCUT2D eigenvalue weighted by Gasteiger charge is 2.03. The van der Waals surface area contributed by atoms with Crippen LogP contribution >= 0.6 is 0 Å². The maximum absolute atomic E-state index is 4.98. The van der Waals surface area contributed by atoms with Gasteiger partial charge in [0.25, 0.3) is 0 Å². The predicted molar refractivity (Wildman–Crippen MR) is 67.7 cm³/mol. The Morgan fingerprint density at radius 1 is 1.35 bits per heavy atom. The zero-order valence-corrected chi connectivity index (χ0v) is 11.2. The third kappa shape index (κ3) is 5.72. The van der Waals surface area contributed by atoms with Crippen molar-refractivity contribution in [2.24, 2.45) is 0 Å². The first-order valence-corrected chi connectivity index (χ1v) is 5.79. The molecule has 0 spiro atoms. The van der Waals surface area contributed by atoms with E-state index in [1.54, 1.807) is 7.11 Å².